The molecule has 0 fully saturated rings. The largest absolute Gasteiger partial charge is 0.414 e. The summed E-state index contributed by atoms with van der Waals surface area (Å²) in [5.41, 5.74) is 0.235. The molecular formula is C10H20ClN2Si. The first kappa shape index (κ1) is 11.9. The molecule has 0 aromatic heterocycles. The van der Waals surface area contributed by atoms with Gasteiger partial charge in [0.25, 0.3) is 0 Å². The summed E-state index contributed by atoms with van der Waals surface area (Å²) in [6, 6.07) is 0. The van der Waals surface area contributed by atoms with Crippen LogP contribution in [0.25, 0.3) is 0 Å². The van der Waals surface area contributed by atoms with Crippen molar-refractivity contribution in [3.8, 4) is 0 Å². The van der Waals surface area contributed by atoms with Crippen molar-refractivity contribution in [3.63, 3.8) is 0 Å². The molecule has 0 saturated heterocycles. The van der Waals surface area contributed by atoms with E-state index >= 15 is 0 Å². The molecule has 0 N–H and O–H groups in total. The zero-order valence-electron chi connectivity index (χ0n) is 9.93. The summed E-state index contributed by atoms with van der Waals surface area (Å²) >= 11 is 6.50. The number of rotatable bonds is 0. The highest BCUT2D eigenvalue weighted by Gasteiger charge is 2.40. The number of hydrogen-bond donors (Lipinski definition) is 0. The molecule has 0 aliphatic carbocycles. The lowest BCUT2D eigenvalue weighted by atomic mass is 10.1. The Kier molecular flexibility index (Phi) is 2.94. The summed E-state index contributed by atoms with van der Waals surface area (Å²) in [6.07, 6.45) is 4.24. The van der Waals surface area contributed by atoms with E-state index in [2.05, 4.69) is 63.1 Å². The van der Waals surface area contributed by atoms with Crippen molar-refractivity contribution >= 4 is 19.5 Å². The van der Waals surface area contributed by atoms with Gasteiger partial charge in [-0.15, -0.1) is 11.1 Å². The Balaban J connectivity index is 2.81. The monoisotopic (exact) mass is 231 g/mol. The van der Waals surface area contributed by atoms with Crippen LogP contribution in [0.5, 0.6) is 0 Å². The average Bonchev–Trinajstić information content (AvgIpc) is 2.26. The average molecular weight is 232 g/mol. The van der Waals surface area contributed by atoms with E-state index in [-0.39, 0.29) is 11.1 Å². The Hall–Kier alpha value is -0.153. The van der Waals surface area contributed by atoms with Crippen LogP contribution in [0.15, 0.2) is 12.4 Å². The molecule has 0 unspecified atom stereocenters. The van der Waals surface area contributed by atoms with E-state index in [9.17, 15) is 0 Å². The summed E-state index contributed by atoms with van der Waals surface area (Å²) in [4.78, 5) is 0. The highest BCUT2D eigenvalue weighted by molar-refractivity contribution is 7.04. The maximum Gasteiger partial charge on any atom is 0.414 e. The van der Waals surface area contributed by atoms with E-state index in [0.717, 1.165) is 0 Å². The number of hydrogen-bond acceptors (Lipinski definition) is 2. The van der Waals surface area contributed by atoms with Crippen molar-refractivity contribution in [2.24, 2.45) is 0 Å². The maximum absolute atomic E-state index is 6.50. The van der Waals surface area contributed by atoms with E-state index in [0.29, 0.717) is 0 Å². The minimum absolute atomic E-state index is 0.118. The van der Waals surface area contributed by atoms with Gasteiger partial charge in [-0.1, -0.05) is 0 Å². The van der Waals surface area contributed by atoms with Crippen molar-refractivity contribution in [1.29, 1.82) is 0 Å². The molecule has 1 radical (unpaired) electrons. The Morgan fingerprint density at radius 1 is 0.857 bits per heavy atom. The van der Waals surface area contributed by atoms with E-state index in [4.69, 9.17) is 11.1 Å². The molecular weight excluding hydrogens is 212 g/mol. The molecule has 2 nitrogen and oxygen atoms in total. The lowest BCUT2D eigenvalue weighted by Crippen LogP contribution is -2.53. The highest BCUT2D eigenvalue weighted by atomic mass is 35.6. The fraction of sp³-hybridized carbons (Fsp3) is 0.800. The fourth-order valence-electron chi connectivity index (χ4n) is 1.37. The molecule has 0 aromatic rings. The highest BCUT2D eigenvalue weighted by Crippen LogP contribution is 2.29. The van der Waals surface area contributed by atoms with Crippen LogP contribution in [0.2, 0.25) is 0 Å². The van der Waals surface area contributed by atoms with Gasteiger partial charge in [0, 0.05) is 23.5 Å². The van der Waals surface area contributed by atoms with Crippen molar-refractivity contribution in [1.82, 2.24) is 9.13 Å². The van der Waals surface area contributed by atoms with Crippen LogP contribution in [-0.2, 0) is 0 Å². The van der Waals surface area contributed by atoms with E-state index < -0.39 is 8.43 Å². The molecule has 0 amide bonds. The van der Waals surface area contributed by atoms with E-state index in [1.807, 2.05) is 0 Å². The summed E-state index contributed by atoms with van der Waals surface area (Å²) in [7, 11) is -1.12. The quantitative estimate of drug-likeness (QED) is 0.467. The second-order valence-corrected chi connectivity index (χ2v) is 8.16. The van der Waals surface area contributed by atoms with E-state index in [1.165, 1.54) is 0 Å². The molecule has 1 aliphatic rings. The first-order valence-corrected chi connectivity index (χ1v) is 7.34. The first-order chi connectivity index (χ1) is 6.14. The summed E-state index contributed by atoms with van der Waals surface area (Å²) in [5, 5.41) is 0. The zero-order valence-corrected chi connectivity index (χ0v) is 11.7. The van der Waals surface area contributed by atoms with Crippen LogP contribution in [0.1, 0.15) is 41.5 Å². The van der Waals surface area contributed by atoms with Crippen LogP contribution in [0.4, 0.5) is 0 Å². The summed E-state index contributed by atoms with van der Waals surface area (Å²) in [6.45, 7) is 13.1. The van der Waals surface area contributed by atoms with Gasteiger partial charge in [0.2, 0.25) is 0 Å². The van der Waals surface area contributed by atoms with Gasteiger partial charge < -0.3 is 9.13 Å². The normalized spacial score (nSPS) is 19.6. The predicted molar refractivity (Wildman–Crippen MR) is 63.9 cm³/mol. The molecule has 14 heavy (non-hydrogen) atoms. The fourth-order valence-corrected chi connectivity index (χ4v) is 4.95. The third-order valence-electron chi connectivity index (χ3n) is 2.21. The predicted octanol–water partition coefficient (Wildman–Crippen LogP) is 2.90. The summed E-state index contributed by atoms with van der Waals surface area (Å²) in [5.74, 6) is 0. The topological polar surface area (TPSA) is 6.48 Å². The Morgan fingerprint density at radius 2 is 1.14 bits per heavy atom. The lowest BCUT2D eigenvalue weighted by molar-refractivity contribution is 0.290. The number of nitrogens with zero attached hydrogens (tertiary/aromatic N) is 2. The maximum atomic E-state index is 6.50. The van der Waals surface area contributed by atoms with Crippen LogP contribution in [0, 0.1) is 0 Å². The molecule has 1 rings (SSSR count). The van der Waals surface area contributed by atoms with Gasteiger partial charge in [-0.2, -0.15) is 0 Å². The number of halogens is 1. The second-order valence-electron chi connectivity index (χ2n) is 5.65. The first-order valence-electron chi connectivity index (χ1n) is 4.93. The minimum atomic E-state index is -1.12. The molecule has 0 aromatic carbocycles. The Morgan fingerprint density at radius 3 is 1.29 bits per heavy atom. The molecule has 0 spiro atoms. The third kappa shape index (κ3) is 2.26. The Labute approximate surface area is 94.0 Å². The molecule has 0 bridgehead atoms. The molecule has 81 valence electrons. The van der Waals surface area contributed by atoms with Gasteiger partial charge in [-0.05, 0) is 41.5 Å². The van der Waals surface area contributed by atoms with Crippen molar-refractivity contribution in [2.75, 3.05) is 0 Å². The van der Waals surface area contributed by atoms with Gasteiger partial charge in [0.1, 0.15) is 0 Å². The zero-order chi connectivity index (χ0) is 11.1. The van der Waals surface area contributed by atoms with E-state index in [1.54, 1.807) is 0 Å². The third-order valence-corrected chi connectivity index (χ3v) is 5.74. The van der Waals surface area contributed by atoms with Crippen LogP contribution in [0.3, 0.4) is 0 Å². The van der Waals surface area contributed by atoms with Crippen LogP contribution < -0.4 is 0 Å². The van der Waals surface area contributed by atoms with Crippen molar-refractivity contribution in [2.45, 2.75) is 52.6 Å². The second kappa shape index (κ2) is 3.45. The Bertz CT molecular complexity index is 215. The van der Waals surface area contributed by atoms with Crippen LogP contribution >= 0.6 is 11.1 Å². The standard InChI is InChI=1S/C10H20ClN2Si/c1-9(2,3)12-7-8-13(14(12)11)10(4,5)6/h7-8H,1-6H3. The van der Waals surface area contributed by atoms with Gasteiger partial charge >= 0.3 is 8.43 Å². The molecule has 4 heteroatoms. The van der Waals surface area contributed by atoms with Crippen LogP contribution in [-0.4, -0.2) is 28.6 Å². The molecule has 1 aliphatic heterocycles. The molecule has 0 atom stereocenters. The van der Waals surface area contributed by atoms with Gasteiger partial charge in [-0.3, -0.25) is 0 Å². The van der Waals surface area contributed by atoms with Crippen molar-refractivity contribution in [3.05, 3.63) is 12.4 Å². The molecule has 0 saturated carbocycles. The smallest absolute Gasteiger partial charge is 0.368 e. The summed E-state index contributed by atoms with van der Waals surface area (Å²) < 4.78 is 4.54. The van der Waals surface area contributed by atoms with Gasteiger partial charge in [0.05, 0.1) is 0 Å². The lowest BCUT2D eigenvalue weighted by Gasteiger charge is -2.40. The SMILES string of the molecule is CC(C)(C)N1C=CN(C(C)(C)C)[Si]1Cl. The van der Waals surface area contributed by atoms with Gasteiger partial charge in [0.15, 0.2) is 0 Å². The minimum Gasteiger partial charge on any atom is -0.368 e. The van der Waals surface area contributed by atoms with Crippen molar-refractivity contribution < 1.29 is 0 Å². The van der Waals surface area contributed by atoms with Gasteiger partial charge in [-0.25, -0.2) is 0 Å². The molecule has 1 heterocycles.